The smallest absolute Gasteiger partial charge is 0.337 e. The summed E-state index contributed by atoms with van der Waals surface area (Å²) in [5, 5.41) is 0. The van der Waals surface area contributed by atoms with Gasteiger partial charge in [-0.2, -0.15) is 4.89 Å². The molecule has 6 rings (SSSR count). The Labute approximate surface area is 164 Å². The first-order valence-electron chi connectivity index (χ1n) is 9.87. The maximum atomic E-state index is 11.6. The zero-order chi connectivity index (χ0) is 19.8. The van der Waals surface area contributed by atoms with Crippen LogP contribution in [0.2, 0.25) is 0 Å². The molecule has 5 aliphatic rings. The van der Waals surface area contributed by atoms with Gasteiger partial charge in [0.1, 0.15) is 17.8 Å². The number of rotatable bonds is 3. The molecule has 1 spiro atoms. The van der Waals surface area contributed by atoms with Crippen molar-refractivity contribution < 1.29 is 28.8 Å². The standard InChI is InChI=1S/C22H26O6/c1-19(2)10-5-11-20(3)22(19)13-12-21(26-20,27-28-22)17-16(25-17)14-6-8-15(9-7-14)18(23)24-4/h6-9,12-13,16-17H,5,10-11H2,1-4H3. The Morgan fingerprint density at radius 3 is 2.46 bits per heavy atom. The van der Waals surface area contributed by atoms with E-state index in [4.69, 9.17) is 24.0 Å². The number of epoxide rings is 1. The van der Waals surface area contributed by atoms with Gasteiger partial charge in [0.15, 0.2) is 5.60 Å². The fourth-order valence-corrected chi connectivity index (χ4v) is 5.31. The van der Waals surface area contributed by atoms with Gasteiger partial charge < -0.3 is 14.2 Å². The highest BCUT2D eigenvalue weighted by Gasteiger charge is 2.73. The lowest BCUT2D eigenvalue weighted by atomic mass is 9.57. The van der Waals surface area contributed by atoms with Crippen molar-refractivity contribution in [1.82, 2.24) is 0 Å². The van der Waals surface area contributed by atoms with Gasteiger partial charge in [-0.15, -0.1) is 0 Å². The van der Waals surface area contributed by atoms with Crippen LogP contribution in [0.5, 0.6) is 0 Å². The summed E-state index contributed by atoms with van der Waals surface area (Å²) in [7, 11) is 1.37. The van der Waals surface area contributed by atoms with E-state index in [-0.39, 0.29) is 23.6 Å². The first-order valence-corrected chi connectivity index (χ1v) is 9.87. The Bertz CT molecular complexity index is 845. The molecule has 5 atom stereocenters. The van der Waals surface area contributed by atoms with E-state index < -0.39 is 17.0 Å². The Balaban J connectivity index is 1.41. The summed E-state index contributed by atoms with van der Waals surface area (Å²) >= 11 is 0. The summed E-state index contributed by atoms with van der Waals surface area (Å²) in [6.07, 6.45) is 6.69. The minimum atomic E-state index is -1.05. The number of benzene rings is 1. The average molecular weight is 386 g/mol. The second-order valence-electron chi connectivity index (χ2n) is 9.12. The Morgan fingerprint density at radius 2 is 1.82 bits per heavy atom. The van der Waals surface area contributed by atoms with Gasteiger partial charge in [0.2, 0.25) is 0 Å². The van der Waals surface area contributed by atoms with Crippen LogP contribution in [0.1, 0.15) is 62.1 Å². The van der Waals surface area contributed by atoms with E-state index in [1.54, 1.807) is 12.1 Å². The molecule has 4 heterocycles. The van der Waals surface area contributed by atoms with E-state index in [1.165, 1.54) is 7.11 Å². The third-order valence-electron chi connectivity index (χ3n) is 7.03. The lowest BCUT2D eigenvalue weighted by Crippen LogP contribution is -2.74. The largest absolute Gasteiger partial charge is 0.465 e. The van der Waals surface area contributed by atoms with E-state index in [0.717, 1.165) is 24.8 Å². The molecule has 28 heavy (non-hydrogen) atoms. The van der Waals surface area contributed by atoms with Crippen LogP contribution in [0, 0.1) is 5.41 Å². The maximum absolute atomic E-state index is 11.6. The molecular formula is C22H26O6. The van der Waals surface area contributed by atoms with Crippen molar-refractivity contribution in [2.45, 2.75) is 69.2 Å². The van der Waals surface area contributed by atoms with Gasteiger partial charge in [0.25, 0.3) is 5.79 Å². The summed E-state index contributed by atoms with van der Waals surface area (Å²) in [5.74, 6) is -1.40. The average Bonchev–Trinajstić information content (AvgIpc) is 3.49. The van der Waals surface area contributed by atoms with Crippen molar-refractivity contribution >= 4 is 5.97 Å². The topological polar surface area (TPSA) is 66.5 Å². The molecular weight excluding hydrogens is 360 g/mol. The minimum absolute atomic E-state index is 0.0867. The van der Waals surface area contributed by atoms with Crippen molar-refractivity contribution in [2.24, 2.45) is 5.41 Å². The van der Waals surface area contributed by atoms with Crippen LogP contribution < -0.4 is 0 Å². The van der Waals surface area contributed by atoms with E-state index in [1.807, 2.05) is 18.2 Å². The van der Waals surface area contributed by atoms with Gasteiger partial charge in [-0.1, -0.05) is 26.0 Å². The predicted octanol–water partition coefficient (Wildman–Crippen LogP) is 3.87. The zero-order valence-corrected chi connectivity index (χ0v) is 16.7. The van der Waals surface area contributed by atoms with Crippen LogP contribution in [0.4, 0.5) is 0 Å². The first-order chi connectivity index (χ1) is 13.3. The Kier molecular flexibility index (Phi) is 3.70. The van der Waals surface area contributed by atoms with Crippen LogP contribution in [0.3, 0.4) is 0 Å². The van der Waals surface area contributed by atoms with Gasteiger partial charge >= 0.3 is 5.97 Å². The second kappa shape index (κ2) is 5.66. The SMILES string of the molecule is COC(=O)c1ccc(C2OC2C23C=CC4(OO2)C(C)(C)CCCC4(C)O3)cc1. The number of ether oxygens (including phenoxy) is 3. The van der Waals surface area contributed by atoms with Crippen molar-refractivity contribution in [3.05, 3.63) is 47.5 Å². The van der Waals surface area contributed by atoms with E-state index >= 15 is 0 Å². The van der Waals surface area contributed by atoms with Gasteiger partial charge in [-0.05, 0) is 56.0 Å². The number of esters is 1. The number of methoxy groups -OCH3 is 1. The molecule has 2 saturated heterocycles. The highest BCUT2D eigenvalue weighted by Crippen LogP contribution is 2.63. The molecule has 0 radical (unpaired) electrons. The van der Waals surface area contributed by atoms with Crippen molar-refractivity contribution in [3.8, 4) is 0 Å². The predicted molar refractivity (Wildman–Crippen MR) is 99.3 cm³/mol. The van der Waals surface area contributed by atoms with Gasteiger partial charge in [-0.25, -0.2) is 9.68 Å². The fraction of sp³-hybridized carbons (Fsp3) is 0.591. The number of hydrogen-bond donors (Lipinski definition) is 0. The third kappa shape index (κ3) is 2.26. The minimum Gasteiger partial charge on any atom is -0.465 e. The quantitative estimate of drug-likeness (QED) is 0.340. The highest BCUT2D eigenvalue weighted by atomic mass is 17.3. The van der Waals surface area contributed by atoms with Crippen molar-refractivity contribution in [2.75, 3.05) is 7.11 Å². The number of carbonyl (C=O) groups excluding carboxylic acids is 1. The summed E-state index contributed by atoms with van der Waals surface area (Å²) in [6, 6.07) is 7.23. The maximum Gasteiger partial charge on any atom is 0.337 e. The van der Waals surface area contributed by atoms with Gasteiger partial charge in [-0.3, -0.25) is 0 Å². The van der Waals surface area contributed by atoms with Crippen molar-refractivity contribution in [3.63, 3.8) is 0 Å². The molecule has 150 valence electrons. The monoisotopic (exact) mass is 386 g/mol. The summed E-state index contributed by atoms with van der Waals surface area (Å²) in [5.41, 5.74) is 0.328. The van der Waals surface area contributed by atoms with Crippen LogP contribution in [-0.4, -0.2) is 36.2 Å². The lowest BCUT2D eigenvalue weighted by molar-refractivity contribution is -0.554. The second-order valence-corrected chi connectivity index (χ2v) is 9.12. The highest BCUT2D eigenvalue weighted by molar-refractivity contribution is 5.89. The number of fused-ring (bicyclic) bond motifs is 1. The normalized spacial score (nSPS) is 42.7. The molecule has 1 aromatic carbocycles. The molecule has 6 nitrogen and oxygen atoms in total. The molecule has 5 unspecified atom stereocenters. The Morgan fingerprint density at radius 1 is 1.07 bits per heavy atom. The molecule has 1 aromatic rings. The van der Waals surface area contributed by atoms with Crippen LogP contribution >= 0.6 is 0 Å². The lowest BCUT2D eigenvalue weighted by Gasteiger charge is -2.64. The third-order valence-corrected chi connectivity index (χ3v) is 7.03. The van der Waals surface area contributed by atoms with Crippen LogP contribution in [0.15, 0.2) is 36.4 Å². The molecule has 4 aliphatic heterocycles. The van der Waals surface area contributed by atoms with E-state index in [0.29, 0.717) is 5.56 Å². The molecule has 0 N–H and O–H groups in total. The molecule has 2 bridgehead atoms. The van der Waals surface area contributed by atoms with Crippen LogP contribution in [-0.2, 0) is 24.0 Å². The molecule has 0 aromatic heterocycles. The molecule has 1 saturated carbocycles. The Hall–Kier alpha value is -1.73. The first kappa shape index (κ1) is 18.3. The summed E-state index contributed by atoms with van der Waals surface area (Å²) in [6.45, 7) is 6.54. The molecule has 3 fully saturated rings. The van der Waals surface area contributed by atoms with E-state index in [2.05, 4.69) is 26.8 Å². The van der Waals surface area contributed by atoms with E-state index in [9.17, 15) is 4.79 Å². The summed E-state index contributed by atoms with van der Waals surface area (Å²) in [4.78, 5) is 23.6. The van der Waals surface area contributed by atoms with Crippen LogP contribution in [0.25, 0.3) is 0 Å². The zero-order valence-electron chi connectivity index (χ0n) is 16.7. The van der Waals surface area contributed by atoms with Crippen molar-refractivity contribution in [1.29, 1.82) is 0 Å². The molecule has 1 aliphatic carbocycles. The molecule has 0 amide bonds. The number of carbonyl (C=O) groups is 1. The fourth-order valence-electron chi connectivity index (χ4n) is 5.31. The molecule has 6 heteroatoms. The summed E-state index contributed by atoms with van der Waals surface area (Å²) < 4.78 is 17.3. The number of hydrogen-bond acceptors (Lipinski definition) is 6. The van der Waals surface area contributed by atoms with Gasteiger partial charge in [0.05, 0.1) is 12.7 Å². The van der Waals surface area contributed by atoms with Gasteiger partial charge in [0, 0.05) is 5.41 Å².